The first-order valence-corrected chi connectivity index (χ1v) is 7.96. The van der Waals surface area contributed by atoms with E-state index in [2.05, 4.69) is 10.3 Å². The molecule has 0 unspecified atom stereocenters. The lowest BCUT2D eigenvalue weighted by molar-refractivity contribution is -0.384. The molecule has 0 saturated heterocycles. The zero-order chi connectivity index (χ0) is 18.0. The van der Waals surface area contributed by atoms with E-state index in [1.54, 1.807) is 19.1 Å². The van der Waals surface area contributed by atoms with Gasteiger partial charge in [0.05, 0.1) is 24.0 Å². The second kappa shape index (κ2) is 6.73. The van der Waals surface area contributed by atoms with Crippen LogP contribution in [0.1, 0.15) is 15.4 Å². The molecular weight excluding hydrogens is 346 g/mol. The van der Waals surface area contributed by atoms with Crippen molar-refractivity contribution in [3.8, 4) is 16.5 Å². The molecule has 1 aromatic carbocycles. The molecule has 0 aliphatic heterocycles. The highest BCUT2D eigenvalue weighted by atomic mass is 32.1. The Morgan fingerprint density at radius 2 is 2.20 bits per heavy atom. The summed E-state index contributed by atoms with van der Waals surface area (Å²) in [5, 5.41) is 14.1. The van der Waals surface area contributed by atoms with E-state index in [0.717, 1.165) is 0 Å². The van der Waals surface area contributed by atoms with E-state index in [9.17, 15) is 14.9 Å². The predicted molar refractivity (Wildman–Crippen MR) is 92.2 cm³/mol. The number of furan rings is 1. The van der Waals surface area contributed by atoms with Gasteiger partial charge in [-0.3, -0.25) is 14.9 Å². The predicted octanol–water partition coefficient (Wildman–Crippen LogP) is 3.88. The van der Waals surface area contributed by atoms with Crippen molar-refractivity contribution in [2.75, 3.05) is 12.4 Å². The smallest absolute Gasteiger partial charge is 0.275 e. The number of nitro groups is 1. The molecule has 3 rings (SSSR count). The van der Waals surface area contributed by atoms with Gasteiger partial charge in [-0.25, -0.2) is 4.98 Å². The second-order valence-electron chi connectivity index (χ2n) is 5.00. The first-order valence-electron chi connectivity index (χ1n) is 7.14. The molecule has 1 N–H and O–H groups in total. The Morgan fingerprint density at radius 1 is 1.40 bits per heavy atom. The minimum atomic E-state index is -0.543. The first kappa shape index (κ1) is 16.7. The fraction of sp³-hybridized carbons (Fsp3) is 0.125. The first-order chi connectivity index (χ1) is 12.0. The zero-order valence-electron chi connectivity index (χ0n) is 13.3. The molecule has 8 nitrogen and oxygen atoms in total. The van der Waals surface area contributed by atoms with Crippen molar-refractivity contribution in [1.29, 1.82) is 0 Å². The third-order valence-corrected chi connectivity index (χ3v) is 4.37. The summed E-state index contributed by atoms with van der Waals surface area (Å²) in [5.41, 5.74) is 0.279. The Hall–Kier alpha value is -3.20. The van der Waals surface area contributed by atoms with Gasteiger partial charge in [-0.15, -0.1) is 11.3 Å². The second-order valence-corrected chi connectivity index (χ2v) is 6.20. The van der Waals surface area contributed by atoms with E-state index in [-0.39, 0.29) is 17.1 Å². The summed E-state index contributed by atoms with van der Waals surface area (Å²) in [7, 11) is 1.42. The van der Waals surface area contributed by atoms with Gasteiger partial charge >= 0.3 is 0 Å². The quantitative estimate of drug-likeness (QED) is 0.547. The average Bonchev–Trinajstić information content (AvgIpc) is 3.24. The number of rotatable bonds is 5. The molecule has 2 heterocycles. The number of hydrogen-bond acceptors (Lipinski definition) is 7. The molecule has 128 valence electrons. The number of carbonyl (C=O) groups excluding carboxylic acids is 1. The molecule has 3 aromatic rings. The summed E-state index contributed by atoms with van der Waals surface area (Å²) in [6.07, 6.45) is 1.53. The molecule has 0 aliphatic carbocycles. The SMILES string of the molecule is COc1ccc([N+](=O)[O-])cc1NC(=O)c1nc(-c2ccco2)sc1C. The Kier molecular flexibility index (Phi) is 4.48. The van der Waals surface area contributed by atoms with Crippen molar-refractivity contribution in [2.45, 2.75) is 6.92 Å². The van der Waals surface area contributed by atoms with Crippen molar-refractivity contribution in [3.05, 3.63) is 57.3 Å². The molecule has 0 saturated carbocycles. The molecule has 25 heavy (non-hydrogen) atoms. The zero-order valence-corrected chi connectivity index (χ0v) is 14.1. The lowest BCUT2D eigenvalue weighted by Gasteiger charge is -2.09. The van der Waals surface area contributed by atoms with Crippen LogP contribution in [-0.4, -0.2) is 22.9 Å². The van der Waals surface area contributed by atoms with E-state index in [1.807, 2.05) is 0 Å². The molecule has 2 aromatic heterocycles. The number of nitro benzene ring substituents is 1. The van der Waals surface area contributed by atoms with Crippen LogP contribution in [0.3, 0.4) is 0 Å². The number of nitrogens with one attached hydrogen (secondary N) is 1. The van der Waals surface area contributed by atoms with Crippen molar-refractivity contribution < 1.29 is 18.9 Å². The maximum Gasteiger partial charge on any atom is 0.275 e. The number of non-ortho nitro benzene ring substituents is 1. The Bertz CT molecular complexity index is 933. The molecule has 0 fully saturated rings. The molecule has 0 atom stereocenters. The Morgan fingerprint density at radius 3 is 2.84 bits per heavy atom. The number of carbonyl (C=O) groups is 1. The Balaban J connectivity index is 1.90. The van der Waals surface area contributed by atoms with Gasteiger partial charge in [-0.1, -0.05) is 0 Å². The third-order valence-electron chi connectivity index (χ3n) is 3.39. The van der Waals surface area contributed by atoms with Gasteiger partial charge in [-0.2, -0.15) is 0 Å². The van der Waals surface area contributed by atoms with E-state index in [0.29, 0.717) is 21.4 Å². The summed E-state index contributed by atoms with van der Waals surface area (Å²) >= 11 is 1.32. The summed E-state index contributed by atoms with van der Waals surface area (Å²) in [4.78, 5) is 27.9. The van der Waals surface area contributed by atoms with Crippen LogP contribution in [0.4, 0.5) is 11.4 Å². The summed E-state index contributed by atoms with van der Waals surface area (Å²) in [5.74, 6) is 0.406. The van der Waals surface area contributed by atoms with Gasteiger partial charge in [0.15, 0.2) is 10.8 Å². The summed E-state index contributed by atoms with van der Waals surface area (Å²) in [6.45, 7) is 1.77. The molecule has 0 radical (unpaired) electrons. The number of ether oxygens (including phenoxy) is 1. The van der Waals surface area contributed by atoms with Crippen LogP contribution < -0.4 is 10.1 Å². The van der Waals surface area contributed by atoms with Crippen molar-refractivity contribution in [1.82, 2.24) is 4.98 Å². The van der Waals surface area contributed by atoms with Crippen LogP contribution in [-0.2, 0) is 0 Å². The number of methoxy groups -OCH3 is 1. The van der Waals surface area contributed by atoms with Crippen LogP contribution in [0.15, 0.2) is 41.0 Å². The molecule has 0 bridgehead atoms. The largest absolute Gasteiger partial charge is 0.495 e. The maximum atomic E-state index is 12.5. The van der Waals surface area contributed by atoms with Crippen LogP contribution in [0, 0.1) is 17.0 Å². The van der Waals surface area contributed by atoms with Crippen molar-refractivity contribution >= 4 is 28.6 Å². The highest BCUT2D eigenvalue weighted by Crippen LogP contribution is 2.31. The number of hydrogen-bond donors (Lipinski definition) is 1. The average molecular weight is 359 g/mol. The topological polar surface area (TPSA) is 108 Å². The highest BCUT2D eigenvalue weighted by Gasteiger charge is 2.20. The normalized spacial score (nSPS) is 10.5. The fourth-order valence-corrected chi connectivity index (χ4v) is 3.08. The Labute approximate surface area is 146 Å². The third kappa shape index (κ3) is 3.36. The van der Waals surface area contributed by atoms with Crippen LogP contribution in [0.5, 0.6) is 5.75 Å². The van der Waals surface area contributed by atoms with Gasteiger partial charge in [0.1, 0.15) is 11.4 Å². The number of anilines is 1. The van der Waals surface area contributed by atoms with Crippen LogP contribution >= 0.6 is 11.3 Å². The number of aryl methyl sites for hydroxylation is 1. The number of thiazole rings is 1. The standard InChI is InChI=1S/C16H13N3O5S/c1-9-14(18-16(25-9)13-4-3-7-24-13)15(20)17-11-8-10(19(21)22)5-6-12(11)23-2/h3-8H,1-2H3,(H,17,20). The molecular formula is C16H13N3O5S. The van der Waals surface area contributed by atoms with Gasteiger partial charge < -0.3 is 14.5 Å². The van der Waals surface area contributed by atoms with Gasteiger partial charge in [0, 0.05) is 17.0 Å². The number of nitrogens with zero attached hydrogens (tertiary/aromatic N) is 2. The number of benzene rings is 1. The number of amides is 1. The van der Waals surface area contributed by atoms with E-state index < -0.39 is 10.8 Å². The molecule has 0 aliphatic rings. The van der Waals surface area contributed by atoms with E-state index >= 15 is 0 Å². The lowest BCUT2D eigenvalue weighted by Crippen LogP contribution is -2.14. The van der Waals surface area contributed by atoms with Crippen LogP contribution in [0.25, 0.3) is 10.8 Å². The van der Waals surface area contributed by atoms with Crippen molar-refractivity contribution in [3.63, 3.8) is 0 Å². The highest BCUT2D eigenvalue weighted by molar-refractivity contribution is 7.15. The van der Waals surface area contributed by atoms with Crippen molar-refractivity contribution in [2.24, 2.45) is 0 Å². The van der Waals surface area contributed by atoms with Gasteiger partial charge in [-0.05, 0) is 25.1 Å². The summed E-state index contributed by atoms with van der Waals surface area (Å²) < 4.78 is 10.4. The summed E-state index contributed by atoms with van der Waals surface area (Å²) in [6, 6.07) is 7.46. The van der Waals surface area contributed by atoms with Gasteiger partial charge in [0.2, 0.25) is 0 Å². The minimum Gasteiger partial charge on any atom is -0.495 e. The van der Waals surface area contributed by atoms with E-state index in [4.69, 9.17) is 9.15 Å². The van der Waals surface area contributed by atoms with Gasteiger partial charge in [0.25, 0.3) is 11.6 Å². The lowest BCUT2D eigenvalue weighted by atomic mass is 10.2. The monoisotopic (exact) mass is 359 g/mol. The van der Waals surface area contributed by atoms with Crippen LogP contribution in [0.2, 0.25) is 0 Å². The number of aromatic nitrogens is 1. The molecule has 0 spiro atoms. The molecule has 1 amide bonds. The maximum absolute atomic E-state index is 12.5. The molecule has 9 heteroatoms. The minimum absolute atomic E-state index is 0.151. The van der Waals surface area contributed by atoms with E-state index in [1.165, 1.54) is 42.9 Å². The fourth-order valence-electron chi connectivity index (χ4n) is 2.20.